The van der Waals surface area contributed by atoms with Crippen LogP contribution >= 0.6 is 0 Å². The molecule has 0 amide bonds. The molecule has 14 nitrogen and oxygen atoms in total. The third-order valence-corrected chi connectivity index (χ3v) is 11.2. The monoisotopic (exact) mass is 743 g/mol. The number of nitrogens with zero attached hydrogens (tertiary/aromatic N) is 7. The molecule has 0 spiro atoms. The molecule has 3 aromatic carbocycles. The van der Waals surface area contributed by atoms with Crippen LogP contribution in [0.15, 0.2) is 84.0 Å². The predicted octanol–water partition coefficient (Wildman–Crippen LogP) is 4.84. The summed E-state index contributed by atoms with van der Waals surface area (Å²) >= 11 is 0. The normalized spacial score (nSPS) is 16.8. The summed E-state index contributed by atoms with van der Waals surface area (Å²) in [4.78, 5) is 12.7. The summed E-state index contributed by atoms with van der Waals surface area (Å²) in [5.74, 6) is -0.728. The van der Waals surface area contributed by atoms with Gasteiger partial charge in [0.05, 0.1) is 50.2 Å². The molecule has 53 heavy (non-hydrogen) atoms. The number of ether oxygens (including phenoxy) is 2. The van der Waals surface area contributed by atoms with Crippen LogP contribution in [-0.4, -0.2) is 71.5 Å². The van der Waals surface area contributed by atoms with E-state index in [1.165, 1.54) is 4.31 Å². The van der Waals surface area contributed by atoms with Gasteiger partial charge in [0.25, 0.3) is 0 Å². The standard InChI is InChI=1S/C38H45N7O7S/c1-25-14-15-29(17-30(25)21-45-18-26(2)52-32-12-7-8-13-33(32)53(45,49)50)35(37(3,4)36(46)47)51-24-31-22-43(41-39-31)19-27-10-9-11-28(16-27)20-44-23-34(40-42-44)38(5,6)48/h7-17,22-23,26,35,48H,18-21,24H2,1-6H3,(H,46,47)/t26-,35?/m1/s1. The first-order valence-corrected chi connectivity index (χ1v) is 18.7. The highest BCUT2D eigenvalue weighted by Gasteiger charge is 2.40. The van der Waals surface area contributed by atoms with E-state index in [-0.39, 0.29) is 30.7 Å². The van der Waals surface area contributed by atoms with E-state index in [9.17, 15) is 23.4 Å². The summed E-state index contributed by atoms with van der Waals surface area (Å²) in [5.41, 5.74) is 2.73. The molecule has 0 saturated heterocycles. The molecule has 0 aliphatic carbocycles. The molecule has 15 heteroatoms. The smallest absolute Gasteiger partial charge is 0.312 e. The zero-order chi connectivity index (χ0) is 38.1. The molecule has 0 saturated carbocycles. The molecule has 6 rings (SSSR count). The van der Waals surface area contributed by atoms with Crippen molar-refractivity contribution >= 4 is 16.0 Å². The zero-order valence-corrected chi connectivity index (χ0v) is 31.5. The Morgan fingerprint density at radius 1 is 0.943 bits per heavy atom. The maximum absolute atomic E-state index is 13.8. The second-order valence-corrected chi connectivity index (χ2v) is 16.6. The van der Waals surface area contributed by atoms with E-state index in [0.29, 0.717) is 35.8 Å². The van der Waals surface area contributed by atoms with Gasteiger partial charge in [-0.3, -0.25) is 4.79 Å². The Balaban J connectivity index is 1.18. The lowest BCUT2D eigenvalue weighted by Gasteiger charge is -2.31. The van der Waals surface area contributed by atoms with Crippen molar-refractivity contribution in [2.75, 3.05) is 6.54 Å². The van der Waals surface area contributed by atoms with Crippen LogP contribution in [0.5, 0.6) is 5.75 Å². The number of sulfonamides is 1. The first kappa shape index (κ1) is 37.8. The molecule has 280 valence electrons. The minimum absolute atomic E-state index is 0.00734. The van der Waals surface area contributed by atoms with Crippen LogP contribution < -0.4 is 4.74 Å². The number of carboxylic acids is 1. The van der Waals surface area contributed by atoms with Gasteiger partial charge in [-0.15, -0.1) is 10.2 Å². The molecule has 0 bridgehead atoms. The minimum atomic E-state index is -3.88. The number of hydrogen-bond acceptors (Lipinski definition) is 10. The van der Waals surface area contributed by atoms with Crippen molar-refractivity contribution in [1.82, 2.24) is 34.3 Å². The molecule has 0 radical (unpaired) electrons. The largest absolute Gasteiger partial charge is 0.488 e. The third kappa shape index (κ3) is 8.49. The van der Waals surface area contributed by atoms with Crippen molar-refractivity contribution in [3.8, 4) is 5.75 Å². The maximum atomic E-state index is 13.8. The Morgan fingerprint density at radius 2 is 1.62 bits per heavy atom. The fourth-order valence-electron chi connectivity index (χ4n) is 6.24. The number of fused-ring (bicyclic) bond motifs is 1. The van der Waals surface area contributed by atoms with E-state index >= 15 is 0 Å². The van der Waals surface area contributed by atoms with E-state index in [1.54, 1.807) is 73.7 Å². The topological polar surface area (TPSA) is 175 Å². The lowest BCUT2D eigenvalue weighted by Crippen LogP contribution is -2.36. The molecule has 2 aromatic heterocycles. The molecule has 0 fully saturated rings. The number of para-hydroxylation sites is 1. The molecule has 2 N–H and O–H groups in total. The van der Waals surface area contributed by atoms with Gasteiger partial charge in [0.1, 0.15) is 33.7 Å². The number of aryl methyl sites for hydroxylation is 1. The van der Waals surface area contributed by atoms with E-state index < -0.39 is 33.1 Å². The minimum Gasteiger partial charge on any atom is -0.488 e. The highest BCUT2D eigenvalue weighted by Crippen LogP contribution is 2.39. The van der Waals surface area contributed by atoms with Gasteiger partial charge < -0.3 is 19.7 Å². The zero-order valence-electron chi connectivity index (χ0n) is 30.7. The van der Waals surface area contributed by atoms with Crippen LogP contribution in [-0.2, 0) is 51.4 Å². The van der Waals surface area contributed by atoms with Gasteiger partial charge in [-0.05, 0) is 81.5 Å². The Hall–Kier alpha value is -4.96. The Labute approximate surface area is 309 Å². The Kier molecular flexibility index (Phi) is 10.6. The molecular formula is C38H45N7O7S. The SMILES string of the molecule is Cc1ccc(C(OCc2cn(Cc3cccc(Cn4cc(C(C)(C)O)nn4)c3)nn2)C(C)(C)C(=O)O)cc1CN1C[C@@H](C)Oc2ccccc2S1(=O)=O. The van der Waals surface area contributed by atoms with Crippen molar-refractivity contribution in [3.63, 3.8) is 0 Å². The third-order valence-electron chi connectivity index (χ3n) is 9.32. The highest BCUT2D eigenvalue weighted by molar-refractivity contribution is 7.89. The molecular weight excluding hydrogens is 699 g/mol. The summed E-state index contributed by atoms with van der Waals surface area (Å²) in [5, 5.41) is 37.2. The lowest BCUT2D eigenvalue weighted by atomic mass is 9.81. The van der Waals surface area contributed by atoms with E-state index in [2.05, 4.69) is 20.6 Å². The molecule has 2 atom stereocenters. The first-order valence-electron chi connectivity index (χ1n) is 17.3. The van der Waals surface area contributed by atoms with Crippen molar-refractivity contribution in [1.29, 1.82) is 0 Å². The van der Waals surface area contributed by atoms with Gasteiger partial charge in [-0.2, -0.15) is 4.31 Å². The quantitative estimate of drug-likeness (QED) is 0.169. The van der Waals surface area contributed by atoms with Crippen molar-refractivity contribution in [3.05, 3.63) is 118 Å². The fraction of sp³-hybridized carbons (Fsp3) is 0.395. The summed E-state index contributed by atoms with van der Waals surface area (Å²) in [6.45, 7) is 11.4. The molecule has 1 unspecified atom stereocenters. The van der Waals surface area contributed by atoms with Crippen LogP contribution in [0.25, 0.3) is 0 Å². The number of rotatable bonds is 13. The molecule has 1 aliphatic heterocycles. The van der Waals surface area contributed by atoms with E-state index in [0.717, 1.165) is 22.3 Å². The second-order valence-electron chi connectivity index (χ2n) is 14.7. The van der Waals surface area contributed by atoms with Crippen LogP contribution in [0, 0.1) is 12.3 Å². The number of hydrogen-bond donors (Lipinski definition) is 2. The fourth-order valence-corrected chi connectivity index (χ4v) is 7.86. The van der Waals surface area contributed by atoms with Crippen LogP contribution in [0.1, 0.15) is 79.9 Å². The Morgan fingerprint density at radius 3 is 2.30 bits per heavy atom. The molecule has 5 aromatic rings. The average Bonchev–Trinajstić information content (AvgIpc) is 3.74. The highest BCUT2D eigenvalue weighted by atomic mass is 32.2. The van der Waals surface area contributed by atoms with Crippen LogP contribution in [0.3, 0.4) is 0 Å². The summed E-state index contributed by atoms with van der Waals surface area (Å²) in [7, 11) is -3.88. The predicted molar refractivity (Wildman–Crippen MR) is 194 cm³/mol. The Bertz CT molecular complexity index is 2210. The number of aromatic nitrogens is 6. The van der Waals surface area contributed by atoms with E-state index in [1.807, 2.05) is 56.3 Å². The van der Waals surface area contributed by atoms with Crippen LogP contribution in [0.4, 0.5) is 0 Å². The summed E-state index contributed by atoms with van der Waals surface area (Å²) in [6, 6.07) is 20.1. The van der Waals surface area contributed by atoms with Gasteiger partial charge in [0, 0.05) is 6.54 Å². The number of aliphatic hydroxyl groups is 1. The van der Waals surface area contributed by atoms with Crippen molar-refractivity contribution < 1.29 is 32.9 Å². The summed E-state index contributed by atoms with van der Waals surface area (Å²) in [6.07, 6.45) is 2.20. The summed E-state index contributed by atoms with van der Waals surface area (Å²) < 4.78 is 44.6. The maximum Gasteiger partial charge on any atom is 0.312 e. The second kappa shape index (κ2) is 14.8. The number of carbonyl (C=O) groups is 1. The number of aliphatic carboxylic acids is 1. The van der Waals surface area contributed by atoms with Gasteiger partial charge in [-0.1, -0.05) is 65.0 Å². The van der Waals surface area contributed by atoms with Gasteiger partial charge in [0.2, 0.25) is 10.0 Å². The molecule has 3 heterocycles. The molecule has 1 aliphatic rings. The van der Waals surface area contributed by atoms with Crippen molar-refractivity contribution in [2.45, 2.75) is 90.5 Å². The van der Waals surface area contributed by atoms with Crippen LogP contribution in [0.2, 0.25) is 0 Å². The number of carboxylic acid groups (broad SMARTS) is 1. The lowest BCUT2D eigenvalue weighted by molar-refractivity contribution is -0.158. The number of benzene rings is 3. The van der Waals surface area contributed by atoms with Gasteiger partial charge in [-0.25, -0.2) is 17.8 Å². The van der Waals surface area contributed by atoms with E-state index in [4.69, 9.17) is 9.47 Å². The van der Waals surface area contributed by atoms with Crippen molar-refractivity contribution in [2.24, 2.45) is 5.41 Å². The van der Waals surface area contributed by atoms with Gasteiger partial charge >= 0.3 is 5.97 Å². The van der Waals surface area contributed by atoms with Gasteiger partial charge in [0.15, 0.2) is 0 Å². The first-order chi connectivity index (χ1) is 25.0. The average molecular weight is 744 g/mol.